The predicted molar refractivity (Wildman–Crippen MR) is 54.1 cm³/mol. The lowest BCUT2D eigenvalue weighted by atomic mass is 9.97. The molecule has 0 aliphatic heterocycles. The Morgan fingerprint density at radius 2 is 2.15 bits per heavy atom. The maximum Gasteiger partial charge on any atom is 0.141 e. The van der Waals surface area contributed by atoms with E-state index in [1.165, 1.54) is 0 Å². The van der Waals surface area contributed by atoms with Crippen LogP contribution in [-0.4, -0.2) is 6.29 Å². The Labute approximate surface area is 78.1 Å². The van der Waals surface area contributed by atoms with Crippen LogP contribution in [0.25, 0.3) is 5.57 Å². The molecule has 68 valence electrons. The molecule has 1 rings (SSSR count). The SMILES string of the molecule is C=C(C)c1ccccc1[C@@H](N)C=O. The fourth-order valence-corrected chi connectivity index (χ4v) is 1.25. The Bertz CT molecular complexity index is 331. The molecule has 13 heavy (non-hydrogen) atoms. The molecule has 0 aliphatic carbocycles. The van der Waals surface area contributed by atoms with Crippen molar-refractivity contribution in [2.24, 2.45) is 5.73 Å². The number of hydrogen-bond acceptors (Lipinski definition) is 2. The molecule has 0 amide bonds. The lowest BCUT2D eigenvalue weighted by Gasteiger charge is -2.10. The second-order valence-electron chi connectivity index (χ2n) is 3.03. The van der Waals surface area contributed by atoms with Crippen LogP contribution in [0.4, 0.5) is 0 Å². The largest absolute Gasteiger partial charge is 0.318 e. The molecule has 0 unspecified atom stereocenters. The summed E-state index contributed by atoms with van der Waals surface area (Å²) >= 11 is 0. The summed E-state index contributed by atoms with van der Waals surface area (Å²) in [6.07, 6.45) is 0.738. The number of allylic oxidation sites excluding steroid dienone is 1. The molecule has 0 saturated carbocycles. The highest BCUT2D eigenvalue weighted by Gasteiger charge is 2.08. The van der Waals surface area contributed by atoms with Crippen molar-refractivity contribution in [1.29, 1.82) is 0 Å². The predicted octanol–water partition coefficient (Wildman–Crippen LogP) is 1.92. The average Bonchev–Trinajstić information content (AvgIpc) is 2.16. The fraction of sp³-hybridized carbons (Fsp3) is 0.182. The van der Waals surface area contributed by atoms with Gasteiger partial charge in [0.1, 0.15) is 6.29 Å². The molecule has 0 aromatic heterocycles. The highest BCUT2D eigenvalue weighted by molar-refractivity contribution is 5.71. The van der Waals surface area contributed by atoms with Gasteiger partial charge in [0, 0.05) is 0 Å². The molecule has 1 aromatic carbocycles. The first-order valence-corrected chi connectivity index (χ1v) is 4.12. The zero-order valence-corrected chi connectivity index (χ0v) is 7.66. The molecule has 2 nitrogen and oxygen atoms in total. The second-order valence-corrected chi connectivity index (χ2v) is 3.03. The van der Waals surface area contributed by atoms with Crippen LogP contribution in [0, 0.1) is 0 Å². The lowest BCUT2D eigenvalue weighted by Crippen LogP contribution is -2.13. The summed E-state index contributed by atoms with van der Waals surface area (Å²) in [4.78, 5) is 10.5. The van der Waals surface area contributed by atoms with Crippen LogP contribution < -0.4 is 5.73 Å². The van der Waals surface area contributed by atoms with Crippen molar-refractivity contribution >= 4 is 11.9 Å². The molecule has 2 N–H and O–H groups in total. The van der Waals surface area contributed by atoms with E-state index in [2.05, 4.69) is 6.58 Å². The van der Waals surface area contributed by atoms with Crippen LogP contribution in [0.3, 0.4) is 0 Å². The second kappa shape index (κ2) is 4.01. The Balaban J connectivity index is 3.19. The molecule has 0 radical (unpaired) electrons. The van der Waals surface area contributed by atoms with E-state index in [-0.39, 0.29) is 0 Å². The van der Waals surface area contributed by atoms with Gasteiger partial charge in [-0.05, 0) is 18.1 Å². The fourth-order valence-electron chi connectivity index (χ4n) is 1.25. The van der Waals surface area contributed by atoms with E-state index in [0.717, 1.165) is 23.0 Å². The topological polar surface area (TPSA) is 43.1 Å². The van der Waals surface area contributed by atoms with Gasteiger partial charge in [-0.3, -0.25) is 0 Å². The first-order chi connectivity index (χ1) is 6.16. The molecule has 1 aromatic rings. The van der Waals surface area contributed by atoms with Crippen LogP contribution in [0.1, 0.15) is 24.1 Å². The van der Waals surface area contributed by atoms with Crippen molar-refractivity contribution in [3.05, 3.63) is 42.0 Å². The third-order valence-electron chi connectivity index (χ3n) is 1.93. The van der Waals surface area contributed by atoms with Gasteiger partial charge in [0.25, 0.3) is 0 Å². The van der Waals surface area contributed by atoms with Gasteiger partial charge in [-0.1, -0.05) is 36.4 Å². The summed E-state index contributed by atoms with van der Waals surface area (Å²) in [5.41, 5.74) is 8.35. The molecule has 2 heteroatoms. The number of carbonyl (C=O) groups is 1. The van der Waals surface area contributed by atoms with Gasteiger partial charge in [0.2, 0.25) is 0 Å². The number of nitrogens with two attached hydrogens (primary N) is 1. The van der Waals surface area contributed by atoms with Gasteiger partial charge in [0.15, 0.2) is 0 Å². The van der Waals surface area contributed by atoms with Gasteiger partial charge in [-0.15, -0.1) is 0 Å². The zero-order chi connectivity index (χ0) is 9.84. The number of benzene rings is 1. The molecule has 1 atom stereocenters. The Morgan fingerprint density at radius 1 is 1.54 bits per heavy atom. The van der Waals surface area contributed by atoms with Crippen molar-refractivity contribution < 1.29 is 4.79 Å². The number of hydrogen-bond donors (Lipinski definition) is 1. The van der Waals surface area contributed by atoms with E-state index < -0.39 is 6.04 Å². The van der Waals surface area contributed by atoms with Crippen molar-refractivity contribution in [3.63, 3.8) is 0 Å². The summed E-state index contributed by atoms with van der Waals surface area (Å²) < 4.78 is 0. The molecule has 0 bridgehead atoms. The molecule has 0 saturated heterocycles. The average molecular weight is 175 g/mol. The highest BCUT2D eigenvalue weighted by Crippen LogP contribution is 2.20. The Kier molecular flexibility index (Phi) is 2.98. The zero-order valence-electron chi connectivity index (χ0n) is 7.66. The van der Waals surface area contributed by atoms with Gasteiger partial charge in [-0.25, -0.2) is 0 Å². The first kappa shape index (κ1) is 9.68. The van der Waals surface area contributed by atoms with Crippen LogP contribution in [0.2, 0.25) is 0 Å². The van der Waals surface area contributed by atoms with E-state index in [1.54, 1.807) is 0 Å². The van der Waals surface area contributed by atoms with Gasteiger partial charge in [-0.2, -0.15) is 0 Å². The third kappa shape index (κ3) is 2.04. The quantitative estimate of drug-likeness (QED) is 0.713. The molecule has 0 fully saturated rings. The van der Waals surface area contributed by atoms with Crippen molar-refractivity contribution in [3.8, 4) is 0 Å². The summed E-state index contributed by atoms with van der Waals surface area (Å²) in [5.74, 6) is 0. The van der Waals surface area contributed by atoms with Gasteiger partial charge < -0.3 is 10.5 Å². The van der Waals surface area contributed by atoms with E-state index in [0.29, 0.717) is 0 Å². The van der Waals surface area contributed by atoms with Crippen LogP contribution in [0.5, 0.6) is 0 Å². The normalized spacial score (nSPS) is 12.2. The first-order valence-electron chi connectivity index (χ1n) is 4.12. The highest BCUT2D eigenvalue weighted by atomic mass is 16.1. The van der Waals surface area contributed by atoms with Crippen molar-refractivity contribution in [1.82, 2.24) is 0 Å². The summed E-state index contributed by atoms with van der Waals surface area (Å²) in [7, 11) is 0. The smallest absolute Gasteiger partial charge is 0.141 e. The number of aldehydes is 1. The van der Waals surface area contributed by atoms with Gasteiger partial charge >= 0.3 is 0 Å². The minimum atomic E-state index is -0.548. The lowest BCUT2D eigenvalue weighted by molar-refractivity contribution is -0.109. The van der Waals surface area contributed by atoms with E-state index in [1.807, 2.05) is 31.2 Å². The number of rotatable bonds is 3. The summed E-state index contributed by atoms with van der Waals surface area (Å²) in [5, 5.41) is 0. The Hall–Kier alpha value is -1.41. The summed E-state index contributed by atoms with van der Waals surface area (Å²) in [6.45, 7) is 5.73. The van der Waals surface area contributed by atoms with Crippen LogP contribution in [0.15, 0.2) is 30.8 Å². The van der Waals surface area contributed by atoms with E-state index in [9.17, 15) is 4.79 Å². The maximum absolute atomic E-state index is 10.5. The van der Waals surface area contributed by atoms with Crippen molar-refractivity contribution in [2.75, 3.05) is 0 Å². The van der Waals surface area contributed by atoms with Crippen molar-refractivity contribution in [2.45, 2.75) is 13.0 Å². The minimum Gasteiger partial charge on any atom is -0.318 e. The molecular weight excluding hydrogens is 162 g/mol. The molecule has 0 heterocycles. The third-order valence-corrected chi connectivity index (χ3v) is 1.93. The Morgan fingerprint density at radius 3 is 2.69 bits per heavy atom. The van der Waals surface area contributed by atoms with E-state index >= 15 is 0 Å². The summed E-state index contributed by atoms with van der Waals surface area (Å²) in [6, 6.07) is 6.99. The van der Waals surface area contributed by atoms with Crippen LogP contribution >= 0.6 is 0 Å². The maximum atomic E-state index is 10.5. The minimum absolute atomic E-state index is 0.548. The van der Waals surface area contributed by atoms with E-state index in [4.69, 9.17) is 5.73 Å². The monoisotopic (exact) mass is 175 g/mol. The van der Waals surface area contributed by atoms with Gasteiger partial charge in [0.05, 0.1) is 6.04 Å². The molecule has 0 aliphatic rings. The molecule has 0 spiro atoms. The molecular formula is C11H13NO. The standard InChI is InChI=1S/C11H13NO/c1-8(2)9-5-3-4-6-10(9)11(12)7-13/h3-7,11H,1,12H2,2H3/t11-/m0/s1. The number of carbonyl (C=O) groups excluding carboxylic acids is 1. The van der Waals surface area contributed by atoms with Crippen LogP contribution in [-0.2, 0) is 4.79 Å².